The third-order valence-corrected chi connectivity index (χ3v) is 7.53. The molecule has 0 heterocycles. The second-order valence-electron chi connectivity index (χ2n) is 9.16. The van der Waals surface area contributed by atoms with Gasteiger partial charge in [0.15, 0.2) is 11.5 Å². The number of amides is 2. The number of aliphatic hydroxyl groups excluding tert-OH is 3. The zero-order chi connectivity index (χ0) is 26.9. The van der Waals surface area contributed by atoms with E-state index < -0.39 is 18.2 Å². The van der Waals surface area contributed by atoms with Gasteiger partial charge in [0, 0.05) is 31.2 Å². The van der Waals surface area contributed by atoms with Gasteiger partial charge in [0.05, 0.1) is 29.9 Å². The fourth-order valence-electron chi connectivity index (χ4n) is 4.97. The molecule has 11 heteroatoms. The van der Waals surface area contributed by atoms with Crippen LogP contribution in [-0.4, -0.2) is 89.8 Å². The highest BCUT2D eigenvalue weighted by Crippen LogP contribution is 2.38. The lowest BCUT2D eigenvalue weighted by Gasteiger charge is -2.43. The van der Waals surface area contributed by atoms with Gasteiger partial charge in [-0.25, -0.2) is 0 Å². The Labute approximate surface area is 231 Å². The van der Waals surface area contributed by atoms with Crippen LogP contribution in [0.15, 0.2) is 23.8 Å². The summed E-state index contributed by atoms with van der Waals surface area (Å²) >= 11 is 2.07. The molecule has 10 nitrogen and oxygen atoms in total. The Morgan fingerprint density at radius 2 is 1.95 bits per heavy atom. The van der Waals surface area contributed by atoms with Gasteiger partial charge >= 0.3 is 0 Å². The summed E-state index contributed by atoms with van der Waals surface area (Å²) in [5.41, 5.74) is 1.01. The summed E-state index contributed by atoms with van der Waals surface area (Å²) in [5, 5.41) is 33.0. The Morgan fingerprint density at radius 1 is 1.22 bits per heavy atom. The number of methoxy groups -OCH3 is 1. The number of carbonyl (C=O) groups excluding carboxylic acids is 2. The predicted molar refractivity (Wildman–Crippen MR) is 144 cm³/mol. The van der Waals surface area contributed by atoms with Crippen LogP contribution in [0, 0.1) is 3.57 Å². The molecule has 3 atom stereocenters. The summed E-state index contributed by atoms with van der Waals surface area (Å²) in [7, 11) is 1.48. The van der Waals surface area contributed by atoms with Gasteiger partial charge in [-0.3, -0.25) is 9.59 Å². The normalized spacial score (nSPS) is 21.9. The maximum Gasteiger partial charge on any atom is 0.249 e. The van der Waals surface area contributed by atoms with Crippen LogP contribution < -0.4 is 14.8 Å². The highest BCUT2D eigenvalue weighted by atomic mass is 127. The van der Waals surface area contributed by atoms with Gasteiger partial charge in [-0.15, -0.1) is 0 Å². The zero-order valence-electron chi connectivity index (χ0n) is 21.3. The van der Waals surface area contributed by atoms with Crippen LogP contribution >= 0.6 is 22.6 Å². The lowest BCUT2D eigenvalue weighted by Crippen LogP contribution is -2.58. The van der Waals surface area contributed by atoms with E-state index >= 15 is 0 Å². The van der Waals surface area contributed by atoms with Crippen molar-refractivity contribution < 1.29 is 39.1 Å². The van der Waals surface area contributed by atoms with Crippen molar-refractivity contribution >= 4 is 34.4 Å². The van der Waals surface area contributed by atoms with E-state index in [4.69, 9.17) is 14.2 Å². The molecule has 0 unspecified atom stereocenters. The van der Waals surface area contributed by atoms with Crippen molar-refractivity contribution in [1.29, 1.82) is 0 Å². The summed E-state index contributed by atoms with van der Waals surface area (Å²) in [6.07, 6.45) is 3.23. The second kappa shape index (κ2) is 14.3. The third kappa shape index (κ3) is 7.34. The minimum Gasteiger partial charge on any atom is -0.493 e. The molecule has 0 saturated heterocycles. The summed E-state index contributed by atoms with van der Waals surface area (Å²) < 4.78 is 17.8. The molecule has 1 fully saturated rings. The quantitative estimate of drug-likeness (QED) is 0.255. The largest absolute Gasteiger partial charge is 0.493 e. The second-order valence-corrected chi connectivity index (χ2v) is 10.3. The molecule has 1 saturated carbocycles. The van der Waals surface area contributed by atoms with Crippen molar-refractivity contribution in [3.63, 3.8) is 0 Å². The van der Waals surface area contributed by atoms with Gasteiger partial charge in [-0.1, -0.05) is 12.8 Å². The molecule has 0 radical (unpaired) electrons. The van der Waals surface area contributed by atoms with Gasteiger partial charge in [0.25, 0.3) is 0 Å². The Kier molecular flexibility index (Phi) is 11.4. The maximum absolute atomic E-state index is 13.3. The average molecular weight is 632 g/mol. The molecule has 1 aromatic rings. The zero-order valence-corrected chi connectivity index (χ0v) is 23.5. The number of halogens is 1. The molecule has 4 N–H and O–H groups in total. The Bertz CT molecular complexity index is 966. The van der Waals surface area contributed by atoms with Crippen molar-refractivity contribution in [3.8, 4) is 11.5 Å². The first-order chi connectivity index (χ1) is 17.8. The molecule has 0 aromatic heterocycles. The van der Waals surface area contributed by atoms with E-state index in [1.54, 1.807) is 23.1 Å². The molecular formula is C26H37IN2O8. The van der Waals surface area contributed by atoms with Crippen LogP contribution in [0.5, 0.6) is 11.5 Å². The number of benzene rings is 1. The molecule has 206 valence electrons. The number of aliphatic hydroxyl groups is 3. The van der Waals surface area contributed by atoms with Gasteiger partial charge in [-0.05, 0) is 66.1 Å². The van der Waals surface area contributed by atoms with Crippen molar-refractivity contribution in [1.82, 2.24) is 10.2 Å². The van der Waals surface area contributed by atoms with Crippen molar-refractivity contribution in [3.05, 3.63) is 32.9 Å². The molecular weight excluding hydrogens is 595 g/mol. The Balaban J connectivity index is 2.00. The minimum atomic E-state index is -1.13. The van der Waals surface area contributed by atoms with Gasteiger partial charge < -0.3 is 39.7 Å². The summed E-state index contributed by atoms with van der Waals surface area (Å²) in [6.45, 7) is 1.80. The monoisotopic (exact) mass is 632 g/mol. The van der Waals surface area contributed by atoms with Gasteiger partial charge in [0.2, 0.25) is 11.8 Å². The molecule has 0 spiro atoms. The number of hydrogen-bond acceptors (Lipinski definition) is 8. The van der Waals surface area contributed by atoms with Crippen LogP contribution in [0.25, 0.3) is 0 Å². The average Bonchev–Trinajstić information content (AvgIpc) is 3.43. The smallest absolute Gasteiger partial charge is 0.249 e. The first-order valence-corrected chi connectivity index (χ1v) is 13.7. The van der Waals surface area contributed by atoms with E-state index in [0.717, 1.165) is 25.7 Å². The SMILES string of the molecule is CCOCC(=O)N(C1CCCC1)[C@@H]1CC(C(=O)NCCO)=C[C@H](Oc2c(I)cc(CO)cc2OC)[C@H]1O. The van der Waals surface area contributed by atoms with Crippen molar-refractivity contribution in [2.75, 3.05) is 33.5 Å². The standard InChI is InChI=1S/C26H37IN2O8/c1-3-36-15-23(32)29(18-6-4-5-7-18)20-12-17(26(34)28-8-9-30)13-21(24(20)33)37-25-19(27)10-16(14-31)11-22(25)35-2/h10-11,13,18,20-21,24,30-31,33H,3-9,12,14-15H2,1-2H3,(H,28,34)/t20-,21+,24+/m1/s1. The van der Waals surface area contributed by atoms with E-state index in [2.05, 4.69) is 27.9 Å². The number of hydrogen-bond donors (Lipinski definition) is 4. The third-order valence-electron chi connectivity index (χ3n) is 6.73. The Morgan fingerprint density at radius 3 is 2.57 bits per heavy atom. The number of ether oxygens (including phenoxy) is 3. The summed E-state index contributed by atoms with van der Waals surface area (Å²) in [6, 6.07) is 2.63. The van der Waals surface area contributed by atoms with E-state index in [0.29, 0.717) is 32.8 Å². The van der Waals surface area contributed by atoms with E-state index in [1.807, 2.05) is 6.92 Å². The van der Waals surface area contributed by atoms with Crippen LogP contribution in [0.3, 0.4) is 0 Å². The van der Waals surface area contributed by atoms with Crippen molar-refractivity contribution in [2.24, 2.45) is 0 Å². The number of nitrogens with zero attached hydrogens (tertiary/aromatic N) is 1. The van der Waals surface area contributed by atoms with Crippen LogP contribution in [0.2, 0.25) is 0 Å². The van der Waals surface area contributed by atoms with Crippen LogP contribution in [-0.2, 0) is 20.9 Å². The van der Waals surface area contributed by atoms with Gasteiger partial charge in [0.1, 0.15) is 18.8 Å². The summed E-state index contributed by atoms with van der Waals surface area (Å²) in [4.78, 5) is 28.0. The first kappa shape index (κ1) is 29.6. The molecule has 2 aliphatic rings. The molecule has 0 bridgehead atoms. The fraction of sp³-hybridized carbons (Fsp3) is 0.615. The molecule has 2 amide bonds. The number of nitrogens with one attached hydrogen (secondary N) is 1. The molecule has 3 rings (SSSR count). The van der Waals surface area contributed by atoms with Crippen LogP contribution in [0.1, 0.15) is 44.6 Å². The predicted octanol–water partition coefficient (Wildman–Crippen LogP) is 1.52. The molecule has 2 aliphatic carbocycles. The lowest BCUT2D eigenvalue weighted by atomic mass is 9.87. The highest BCUT2D eigenvalue weighted by Gasteiger charge is 2.43. The van der Waals surface area contributed by atoms with E-state index in [-0.39, 0.29) is 50.6 Å². The minimum absolute atomic E-state index is 0.0633. The van der Waals surface area contributed by atoms with Crippen LogP contribution in [0.4, 0.5) is 0 Å². The molecule has 0 aliphatic heterocycles. The first-order valence-electron chi connectivity index (χ1n) is 12.6. The van der Waals surface area contributed by atoms with Gasteiger partial charge in [-0.2, -0.15) is 0 Å². The highest BCUT2D eigenvalue weighted by molar-refractivity contribution is 14.1. The summed E-state index contributed by atoms with van der Waals surface area (Å²) in [5.74, 6) is 0.128. The lowest BCUT2D eigenvalue weighted by molar-refractivity contribution is -0.146. The maximum atomic E-state index is 13.3. The Hall–Kier alpha value is -1.93. The molecule has 1 aromatic carbocycles. The topological polar surface area (TPSA) is 138 Å². The fourth-order valence-corrected chi connectivity index (χ4v) is 5.76. The number of carbonyl (C=O) groups is 2. The van der Waals surface area contributed by atoms with Crippen molar-refractivity contribution in [2.45, 2.75) is 69.9 Å². The number of rotatable bonds is 12. The van der Waals surface area contributed by atoms with E-state index in [1.165, 1.54) is 7.11 Å². The van der Waals surface area contributed by atoms with E-state index in [9.17, 15) is 24.9 Å². The molecule has 37 heavy (non-hydrogen) atoms.